The third-order valence-electron chi connectivity index (χ3n) is 3.13. The molecule has 0 spiro atoms. The molecule has 1 aromatic rings. The minimum Gasteiger partial charge on any atom is -0.478 e. The molecule has 0 aliphatic heterocycles. The highest BCUT2D eigenvalue weighted by atomic mass is 32.2. The Morgan fingerprint density at radius 2 is 1.86 bits per heavy atom. The summed E-state index contributed by atoms with van der Waals surface area (Å²) in [5, 5.41) is 0.588. The predicted octanol–water partition coefficient (Wildman–Crippen LogP) is 3.75. The SMILES string of the molecule is Cc1ccc(OC(C)(C)C(=O)N(C)CCSC(C)C)cc1. The quantitative estimate of drug-likeness (QED) is 0.768. The summed E-state index contributed by atoms with van der Waals surface area (Å²) in [5.41, 5.74) is 0.321. The molecule has 4 heteroatoms. The van der Waals surface area contributed by atoms with Gasteiger partial charge < -0.3 is 9.64 Å². The molecule has 0 saturated heterocycles. The molecule has 0 heterocycles. The van der Waals surface area contributed by atoms with Crippen molar-refractivity contribution in [3.8, 4) is 5.75 Å². The van der Waals surface area contributed by atoms with Crippen LogP contribution in [0, 0.1) is 6.92 Å². The second kappa shape index (κ2) is 7.74. The van der Waals surface area contributed by atoms with Gasteiger partial charge in [-0.05, 0) is 38.2 Å². The van der Waals surface area contributed by atoms with Crippen molar-refractivity contribution in [3.63, 3.8) is 0 Å². The molecular weight excluding hydrogens is 282 g/mol. The lowest BCUT2D eigenvalue weighted by Gasteiger charge is -2.30. The highest BCUT2D eigenvalue weighted by molar-refractivity contribution is 7.99. The van der Waals surface area contributed by atoms with Gasteiger partial charge in [-0.3, -0.25) is 4.79 Å². The van der Waals surface area contributed by atoms with Crippen LogP contribution in [0.25, 0.3) is 0 Å². The van der Waals surface area contributed by atoms with Crippen LogP contribution in [-0.2, 0) is 4.79 Å². The van der Waals surface area contributed by atoms with Gasteiger partial charge in [0.05, 0.1) is 0 Å². The van der Waals surface area contributed by atoms with Gasteiger partial charge in [-0.25, -0.2) is 0 Å². The summed E-state index contributed by atoms with van der Waals surface area (Å²) in [7, 11) is 1.84. The van der Waals surface area contributed by atoms with Crippen molar-refractivity contribution in [2.75, 3.05) is 19.3 Å². The Bertz CT molecular complexity index is 454. The Hall–Kier alpha value is -1.16. The number of rotatable bonds is 7. The van der Waals surface area contributed by atoms with E-state index in [1.165, 1.54) is 5.56 Å². The van der Waals surface area contributed by atoms with E-state index in [4.69, 9.17) is 4.74 Å². The van der Waals surface area contributed by atoms with E-state index in [2.05, 4.69) is 13.8 Å². The van der Waals surface area contributed by atoms with Crippen molar-refractivity contribution >= 4 is 17.7 Å². The molecule has 0 N–H and O–H groups in total. The number of hydrogen-bond donors (Lipinski definition) is 0. The van der Waals surface area contributed by atoms with E-state index in [9.17, 15) is 4.79 Å². The van der Waals surface area contributed by atoms with Crippen LogP contribution in [-0.4, -0.2) is 41.0 Å². The molecule has 0 fully saturated rings. The van der Waals surface area contributed by atoms with E-state index < -0.39 is 5.60 Å². The van der Waals surface area contributed by atoms with Gasteiger partial charge in [-0.15, -0.1) is 0 Å². The molecule has 118 valence electrons. The van der Waals surface area contributed by atoms with Crippen molar-refractivity contribution in [2.24, 2.45) is 0 Å². The number of hydrogen-bond acceptors (Lipinski definition) is 3. The van der Waals surface area contributed by atoms with E-state index in [1.54, 1.807) is 4.90 Å². The van der Waals surface area contributed by atoms with Gasteiger partial charge in [0.15, 0.2) is 5.60 Å². The number of thioether (sulfide) groups is 1. The minimum absolute atomic E-state index is 0.00688. The highest BCUT2D eigenvalue weighted by Gasteiger charge is 2.32. The molecule has 0 saturated carbocycles. The Morgan fingerprint density at radius 3 is 2.38 bits per heavy atom. The van der Waals surface area contributed by atoms with Crippen molar-refractivity contribution < 1.29 is 9.53 Å². The second-order valence-corrected chi connectivity index (χ2v) is 7.76. The number of carbonyl (C=O) groups is 1. The zero-order valence-electron chi connectivity index (χ0n) is 14.0. The lowest BCUT2D eigenvalue weighted by molar-refractivity contribution is -0.143. The summed E-state index contributed by atoms with van der Waals surface area (Å²) in [6.45, 7) is 10.7. The maximum absolute atomic E-state index is 12.5. The van der Waals surface area contributed by atoms with Crippen molar-refractivity contribution in [3.05, 3.63) is 29.8 Å². The topological polar surface area (TPSA) is 29.5 Å². The third kappa shape index (κ3) is 6.00. The van der Waals surface area contributed by atoms with Gasteiger partial charge in [-0.2, -0.15) is 11.8 Å². The van der Waals surface area contributed by atoms with E-state index >= 15 is 0 Å². The van der Waals surface area contributed by atoms with Crippen LogP contribution >= 0.6 is 11.8 Å². The fourth-order valence-corrected chi connectivity index (χ4v) is 2.78. The number of carbonyl (C=O) groups excluding carboxylic acids is 1. The van der Waals surface area contributed by atoms with Gasteiger partial charge in [0.2, 0.25) is 0 Å². The van der Waals surface area contributed by atoms with E-state index in [0.717, 1.165) is 18.0 Å². The number of amides is 1. The molecular formula is C17H27NO2S. The average Bonchev–Trinajstić information content (AvgIpc) is 2.39. The van der Waals surface area contributed by atoms with Gasteiger partial charge in [0, 0.05) is 19.3 Å². The van der Waals surface area contributed by atoms with Gasteiger partial charge >= 0.3 is 0 Å². The van der Waals surface area contributed by atoms with Gasteiger partial charge in [0.1, 0.15) is 5.75 Å². The minimum atomic E-state index is -0.855. The standard InChI is InChI=1S/C17H27NO2S/c1-13(2)21-12-11-18(6)16(19)17(4,5)20-15-9-7-14(3)8-10-15/h7-10,13H,11-12H2,1-6H3. The zero-order valence-corrected chi connectivity index (χ0v) is 14.8. The summed E-state index contributed by atoms with van der Waals surface area (Å²) < 4.78 is 5.87. The largest absolute Gasteiger partial charge is 0.478 e. The molecule has 3 nitrogen and oxygen atoms in total. The first-order chi connectivity index (χ1) is 9.72. The summed E-state index contributed by atoms with van der Waals surface area (Å²) >= 11 is 1.86. The molecule has 0 atom stereocenters. The fourth-order valence-electron chi connectivity index (χ4n) is 1.93. The third-order valence-corrected chi connectivity index (χ3v) is 4.22. The molecule has 0 radical (unpaired) electrons. The Labute approximate surface area is 133 Å². The van der Waals surface area contributed by atoms with E-state index in [1.807, 2.05) is 63.8 Å². The summed E-state index contributed by atoms with van der Waals surface area (Å²) in [6.07, 6.45) is 0. The van der Waals surface area contributed by atoms with Crippen LogP contribution in [0.5, 0.6) is 5.75 Å². The van der Waals surface area contributed by atoms with Crippen LogP contribution in [0.4, 0.5) is 0 Å². The molecule has 0 unspecified atom stereocenters. The average molecular weight is 309 g/mol. The maximum atomic E-state index is 12.5. The Balaban J connectivity index is 2.59. The van der Waals surface area contributed by atoms with Crippen molar-refractivity contribution in [1.29, 1.82) is 0 Å². The Kier molecular flexibility index (Phi) is 6.59. The number of likely N-dealkylation sites (N-methyl/N-ethyl adjacent to an activating group) is 1. The van der Waals surface area contributed by atoms with Gasteiger partial charge in [-0.1, -0.05) is 31.5 Å². The molecule has 1 aromatic carbocycles. The summed E-state index contributed by atoms with van der Waals surface area (Å²) in [4.78, 5) is 14.3. The number of benzene rings is 1. The summed E-state index contributed by atoms with van der Waals surface area (Å²) in [5.74, 6) is 1.68. The Morgan fingerprint density at radius 1 is 1.29 bits per heavy atom. The first kappa shape index (κ1) is 17.9. The molecule has 0 aliphatic rings. The number of aryl methyl sites for hydroxylation is 1. The highest BCUT2D eigenvalue weighted by Crippen LogP contribution is 2.21. The predicted molar refractivity (Wildman–Crippen MR) is 91.1 cm³/mol. The van der Waals surface area contributed by atoms with Crippen molar-refractivity contribution in [2.45, 2.75) is 45.5 Å². The molecule has 1 rings (SSSR count). The normalized spacial score (nSPS) is 11.6. The van der Waals surface area contributed by atoms with Crippen LogP contribution in [0.2, 0.25) is 0 Å². The molecule has 0 aromatic heterocycles. The van der Waals surface area contributed by atoms with E-state index in [0.29, 0.717) is 5.25 Å². The molecule has 0 aliphatic carbocycles. The first-order valence-electron chi connectivity index (χ1n) is 7.35. The van der Waals surface area contributed by atoms with Crippen LogP contribution in [0.1, 0.15) is 33.3 Å². The maximum Gasteiger partial charge on any atom is 0.265 e. The fraction of sp³-hybridized carbons (Fsp3) is 0.588. The zero-order chi connectivity index (χ0) is 16.0. The monoisotopic (exact) mass is 309 g/mol. The second-order valence-electron chi connectivity index (χ2n) is 6.07. The lowest BCUT2D eigenvalue weighted by atomic mass is 10.1. The van der Waals surface area contributed by atoms with Crippen molar-refractivity contribution in [1.82, 2.24) is 4.90 Å². The van der Waals surface area contributed by atoms with Crippen LogP contribution < -0.4 is 4.74 Å². The smallest absolute Gasteiger partial charge is 0.265 e. The lowest BCUT2D eigenvalue weighted by Crippen LogP contribution is -2.48. The number of ether oxygens (including phenoxy) is 1. The molecule has 21 heavy (non-hydrogen) atoms. The molecule has 0 bridgehead atoms. The van der Waals surface area contributed by atoms with Gasteiger partial charge in [0.25, 0.3) is 5.91 Å². The van der Waals surface area contributed by atoms with E-state index in [-0.39, 0.29) is 5.91 Å². The first-order valence-corrected chi connectivity index (χ1v) is 8.40. The number of nitrogens with zero attached hydrogens (tertiary/aromatic N) is 1. The van der Waals surface area contributed by atoms with Crippen LogP contribution in [0.3, 0.4) is 0 Å². The summed E-state index contributed by atoms with van der Waals surface area (Å²) in [6, 6.07) is 7.77. The molecule has 1 amide bonds. The van der Waals surface area contributed by atoms with Crippen LogP contribution in [0.15, 0.2) is 24.3 Å².